The molecule has 1 aromatic rings. The molecule has 0 unspecified atom stereocenters. The van der Waals surface area contributed by atoms with Gasteiger partial charge in [-0.2, -0.15) is 4.99 Å². The van der Waals surface area contributed by atoms with Crippen molar-refractivity contribution in [3.05, 3.63) is 35.4 Å². The quantitative estimate of drug-likeness (QED) is 0.321. The van der Waals surface area contributed by atoms with Gasteiger partial charge in [0, 0.05) is 12.0 Å². The summed E-state index contributed by atoms with van der Waals surface area (Å²) in [5.74, 6) is -1.60. The standard InChI is InChI=1S/C16H18N4O5/c21-14-8-13(19-16(24)20-14)10-18-25-6-2-5-17-9-11-3-1-4-12(7-11)15(22)23/h1,3-4,7,10,17H,2,5-6,8-9H2,(H,22,23)(H,20,21,24)/b18-10+. The Kier molecular flexibility index (Phi) is 6.78. The lowest BCUT2D eigenvalue weighted by molar-refractivity contribution is -0.671. The van der Waals surface area contributed by atoms with Gasteiger partial charge in [0.2, 0.25) is 5.91 Å². The monoisotopic (exact) mass is 346 g/mol. The van der Waals surface area contributed by atoms with Gasteiger partial charge < -0.3 is 20.1 Å². The highest BCUT2D eigenvalue weighted by molar-refractivity contribution is 6.38. The van der Waals surface area contributed by atoms with Crippen molar-refractivity contribution in [2.45, 2.75) is 19.4 Å². The summed E-state index contributed by atoms with van der Waals surface area (Å²) in [6.07, 6.45) is 1.98. The number of imide groups is 1. The van der Waals surface area contributed by atoms with Crippen molar-refractivity contribution in [1.82, 2.24) is 5.32 Å². The van der Waals surface area contributed by atoms with Crippen LogP contribution in [0, 0.1) is 0 Å². The number of nitrogens with one attached hydrogen (secondary N) is 1. The average molecular weight is 346 g/mol. The summed E-state index contributed by atoms with van der Waals surface area (Å²) in [5.41, 5.74) is 1.33. The number of quaternary nitrogens is 1. The molecule has 2 rings (SSSR count). The second kappa shape index (κ2) is 9.28. The maximum atomic E-state index is 11.1. The van der Waals surface area contributed by atoms with E-state index in [0.717, 1.165) is 18.5 Å². The van der Waals surface area contributed by atoms with E-state index in [0.29, 0.717) is 13.2 Å². The molecule has 1 heterocycles. The van der Waals surface area contributed by atoms with Crippen molar-refractivity contribution < 1.29 is 29.6 Å². The summed E-state index contributed by atoms with van der Waals surface area (Å²) in [4.78, 5) is 41.5. The molecule has 3 N–H and O–H groups in total. The Morgan fingerprint density at radius 3 is 3.04 bits per heavy atom. The summed E-state index contributed by atoms with van der Waals surface area (Å²) in [7, 11) is 0. The minimum Gasteiger partial charge on any atom is -0.545 e. The van der Waals surface area contributed by atoms with Crippen LogP contribution in [0.25, 0.3) is 0 Å². The summed E-state index contributed by atoms with van der Waals surface area (Å²) in [5, 5.41) is 18.5. The maximum absolute atomic E-state index is 11.1. The lowest BCUT2D eigenvalue weighted by Crippen LogP contribution is -2.82. The molecule has 1 aliphatic rings. The number of amides is 3. The highest BCUT2D eigenvalue weighted by Crippen LogP contribution is 2.02. The van der Waals surface area contributed by atoms with Crippen molar-refractivity contribution in [2.75, 3.05) is 13.2 Å². The van der Waals surface area contributed by atoms with Crippen molar-refractivity contribution in [2.24, 2.45) is 10.1 Å². The predicted octanol–water partition coefficient (Wildman–Crippen LogP) is -1.41. The number of carboxylic acid groups (broad SMARTS) is 1. The zero-order valence-electron chi connectivity index (χ0n) is 13.4. The fraction of sp³-hybridized carbons (Fsp3) is 0.312. The van der Waals surface area contributed by atoms with Gasteiger partial charge >= 0.3 is 6.03 Å². The van der Waals surface area contributed by atoms with Crippen LogP contribution in [0.5, 0.6) is 0 Å². The van der Waals surface area contributed by atoms with Gasteiger partial charge in [-0.25, -0.2) is 4.79 Å². The van der Waals surface area contributed by atoms with E-state index in [1.165, 1.54) is 12.3 Å². The Hall–Kier alpha value is -3.07. The van der Waals surface area contributed by atoms with Crippen LogP contribution in [0.4, 0.5) is 4.79 Å². The number of carbonyl (C=O) groups is 3. The van der Waals surface area contributed by atoms with Crippen LogP contribution in [-0.2, 0) is 16.2 Å². The molecule has 1 aromatic carbocycles. The number of carboxylic acids is 1. The second-order valence-corrected chi connectivity index (χ2v) is 5.32. The zero-order valence-corrected chi connectivity index (χ0v) is 13.4. The molecule has 0 aromatic heterocycles. The second-order valence-electron chi connectivity index (χ2n) is 5.32. The van der Waals surface area contributed by atoms with Gasteiger partial charge in [-0.3, -0.25) is 10.1 Å². The van der Waals surface area contributed by atoms with Gasteiger partial charge in [0.25, 0.3) is 0 Å². The Morgan fingerprint density at radius 1 is 1.44 bits per heavy atom. The number of nitrogens with zero attached hydrogens (tertiary/aromatic N) is 2. The van der Waals surface area contributed by atoms with Crippen LogP contribution in [0.1, 0.15) is 28.8 Å². The first-order chi connectivity index (χ1) is 12.0. The van der Waals surface area contributed by atoms with Crippen molar-refractivity contribution in [3.63, 3.8) is 0 Å². The van der Waals surface area contributed by atoms with E-state index >= 15 is 0 Å². The lowest BCUT2D eigenvalue weighted by atomic mass is 10.1. The van der Waals surface area contributed by atoms with Crippen molar-refractivity contribution in [3.8, 4) is 0 Å². The largest absolute Gasteiger partial charge is 0.545 e. The number of hydrogen-bond acceptors (Lipinski definition) is 6. The third-order valence-electron chi connectivity index (χ3n) is 3.30. The van der Waals surface area contributed by atoms with Crippen LogP contribution in [0.3, 0.4) is 0 Å². The molecular formula is C16H18N4O5. The molecule has 25 heavy (non-hydrogen) atoms. The number of hydrogen-bond donors (Lipinski definition) is 2. The highest BCUT2D eigenvalue weighted by Gasteiger charge is 2.16. The highest BCUT2D eigenvalue weighted by atomic mass is 16.6. The smallest absolute Gasteiger partial charge is 0.347 e. The summed E-state index contributed by atoms with van der Waals surface area (Å²) in [6, 6.07) is 5.93. The summed E-state index contributed by atoms with van der Waals surface area (Å²) < 4.78 is 0. The Labute approximate surface area is 143 Å². The minimum atomic E-state index is -1.19. The molecule has 0 saturated heterocycles. The molecule has 0 saturated carbocycles. The number of urea groups is 1. The van der Waals surface area contributed by atoms with E-state index in [-0.39, 0.29) is 17.7 Å². The SMILES string of the molecule is O=C1CC(/C=N/OCCC[NH2+]Cc2cccc(C(=O)[O-])c2)=NC(=O)N1. The Morgan fingerprint density at radius 2 is 2.28 bits per heavy atom. The number of nitrogens with two attached hydrogens (primary N) is 1. The number of aromatic carboxylic acids is 1. The maximum Gasteiger partial charge on any atom is 0.347 e. The number of oxime groups is 1. The average Bonchev–Trinajstić information content (AvgIpc) is 2.56. The predicted molar refractivity (Wildman–Crippen MR) is 85.9 cm³/mol. The zero-order chi connectivity index (χ0) is 18.1. The molecule has 1 aliphatic heterocycles. The number of aliphatic imine (C=N–C) groups is 1. The molecule has 0 aliphatic carbocycles. The molecule has 0 spiro atoms. The molecule has 9 nitrogen and oxygen atoms in total. The molecule has 0 radical (unpaired) electrons. The lowest BCUT2D eigenvalue weighted by Gasteiger charge is -2.07. The van der Waals surface area contributed by atoms with Gasteiger partial charge in [-0.15, -0.1) is 0 Å². The normalized spacial score (nSPS) is 14.3. The van der Waals surface area contributed by atoms with Crippen molar-refractivity contribution >= 4 is 29.8 Å². The van der Waals surface area contributed by atoms with E-state index in [9.17, 15) is 19.5 Å². The van der Waals surface area contributed by atoms with E-state index in [1.54, 1.807) is 12.1 Å². The fourth-order valence-corrected chi connectivity index (χ4v) is 2.14. The van der Waals surface area contributed by atoms with Crippen LogP contribution in [-0.4, -0.2) is 43.0 Å². The van der Waals surface area contributed by atoms with Crippen molar-refractivity contribution in [1.29, 1.82) is 0 Å². The van der Waals surface area contributed by atoms with Gasteiger partial charge in [-0.1, -0.05) is 23.4 Å². The van der Waals surface area contributed by atoms with Gasteiger partial charge in [0.05, 0.1) is 30.9 Å². The first kappa shape index (κ1) is 18.3. The van der Waals surface area contributed by atoms with E-state index in [4.69, 9.17) is 4.84 Å². The topological polar surface area (TPSA) is 137 Å². The fourth-order valence-electron chi connectivity index (χ4n) is 2.14. The van der Waals surface area contributed by atoms with Gasteiger partial charge in [0.15, 0.2) is 0 Å². The molecule has 0 bridgehead atoms. The number of carbonyl (C=O) groups excluding carboxylic acids is 3. The molecular weight excluding hydrogens is 328 g/mol. The number of benzene rings is 1. The van der Waals surface area contributed by atoms with E-state index in [2.05, 4.69) is 10.1 Å². The summed E-state index contributed by atoms with van der Waals surface area (Å²) >= 11 is 0. The van der Waals surface area contributed by atoms with Crippen LogP contribution in [0.15, 0.2) is 34.4 Å². The molecule has 0 fully saturated rings. The first-order valence-electron chi connectivity index (χ1n) is 7.73. The third-order valence-corrected chi connectivity index (χ3v) is 3.30. The molecule has 132 valence electrons. The minimum absolute atomic E-state index is 0.00267. The van der Waals surface area contributed by atoms with Gasteiger partial charge in [-0.05, 0) is 11.6 Å². The van der Waals surface area contributed by atoms with E-state index < -0.39 is 17.9 Å². The van der Waals surface area contributed by atoms with Crippen LogP contribution < -0.4 is 15.7 Å². The summed E-state index contributed by atoms with van der Waals surface area (Å²) in [6.45, 7) is 1.80. The van der Waals surface area contributed by atoms with Crippen LogP contribution in [0.2, 0.25) is 0 Å². The molecule has 3 amide bonds. The van der Waals surface area contributed by atoms with Crippen LogP contribution >= 0.6 is 0 Å². The van der Waals surface area contributed by atoms with Gasteiger partial charge in [0.1, 0.15) is 13.2 Å². The Bertz CT molecular complexity index is 714. The Balaban J connectivity index is 1.60. The first-order valence-corrected chi connectivity index (χ1v) is 7.73. The number of rotatable bonds is 9. The third kappa shape index (κ3) is 6.51. The van der Waals surface area contributed by atoms with E-state index in [1.807, 2.05) is 16.7 Å². The molecule has 0 atom stereocenters. The molecule has 9 heteroatoms.